The van der Waals surface area contributed by atoms with E-state index < -0.39 is 0 Å². The summed E-state index contributed by atoms with van der Waals surface area (Å²) >= 11 is 0. The van der Waals surface area contributed by atoms with Crippen LogP contribution in [0.2, 0.25) is 0 Å². The summed E-state index contributed by atoms with van der Waals surface area (Å²) in [5.41, 5.74) is 2.35. The van der Waals surface area contributed by atoms with Crippen molar-refractivity contribution in [2.75, 3.05) is 16.8 Å². The lowest BCUT2D eigenvalue weighted by Crippen LogP contribution is -2.18. The Morgan fingerprint density at radius 1 is 0.917 bits per heavy atom. The van der Waals surface area contributed by atoms with Crippen LogP contribution in [0.1, 0.15) is 18.9 Å². The highest BCUT2D eigenvalue weighted by Gasteiger charge is 2.12. The standard InChI is InChI=1S/C20H22N4/c1-2-14-21-20-22-15-13-19(23-20)24(18-11-7-4-8-12-18)16-17-9-5-3-6-10-17/h3-13,15H,2,14,16H2,1H3,(H,21,22,23). The summed E-state index contributed by atoms with van der Waals surface area (Å²) in [4.78, 5) is 11.2. The van der Waals surface area contributed by atoms with E-state index in [4.69, 9.17) is 0 Å². The van der Waals surface area contributed by atoms with Gasteiger partial charge >= 0.3 is 0 Å². The van der Waals surface area contributed by atoms with Crippen molar-refractivity contribution in [2.24, 2.45) is 0 Å². The molecule has 3 rings (SSSR count). The molecule has 1 aromatic heterocycles. The molecule has 1 heterocycles. The quantitative estimate of drug-likeness (QED) is 0.689. The van der Waals surface area contributed by atoms with Crippen LogP contribution in [-0.4, -0.2) is 16.5 Å². The van der Waals surface area contributed by atoms with Crippen LogP contribution in [0.15, 0.2) is 72.9 Å². The summed E-state index contributed by atoms with van der Waals surface area (Å²) in [5, 5.41) is 3.26. The molecular weight excluding hydrogens is 296 g/mol. The van der Waals surface area contributed by atoms with Crippen LogP contribution >= 0.6 is 0 Å². The van der Waals surface area contributed by atoms with Crippen molar-refractivity contribution >= 4 is 17.5 Å². The maximum absolute atomic E-state index is 4.69. The molecule has 0 fully saturated rings. The first-order chi connectivity index (χ1) is 11.9. The van der Waals surface area contributed by atoms with Gasteiger partial charge in [0.25, 0.3) is 0 Å². The summed E-state index contributed by atoms with van der Waals surface area (Å²) in [6, 6.07) is 22.7. The number of nitrogens with zero attached hydrogens (tertiary/aromatic N) is 3. The first kappa shape index (κ1) is 16.0. The zero-order valence-electron chi connectivity index (χ0n) is 13.9. The van der Waals surface area contributed by atoms with Crippen LogP contribution in [0.4, 0.5) is 17.5 Å². The zero-order chi connectivity index (χ0) is 16.6. The molecule has 122 valence electrons. The second-order valence-electron chi connectivity index (χ2n) is 5.57. The molecule has 0 radical (unpaired) electrons. The molecule has 0 saturated heterocycles. The largest absolute Gasteiger partial charge is 0.354 e. The molecule has 0 aliphatic rings. The highest BCUT2D eigenvalue weighted by Crippen LogP contribution is 2.26. The minimum atomic E-state index is 0.670. The third-order valence-electron chi connectivity index (χ3n) is 3.70. The van der Waals surface area contributed by atoms with Crippen LogP contribution in [0.3, 0.4) is 0 Å². The van der Waals surface area contributed by atoms with Gasteiger partial charge in [-0.3, -0.25) is 0 Å². The molecule has 0 aliphatic heterocycles. The van der Waals surface area contributed by atoms with Gasteiger partial charge < -0.3 is 10.2 Å². The lowest BCUT2D eigenvalue weighted by molar-refractivity contribution is 0.919. The Hall–Kier alpha value is -2.88. The minimum absolute atomic E-state index is 0.670. The fourth-order valence-electron chi connectivity index (χ4n) is 2.50. The molecule has 24 heavy (non-hydrogen) atoms. The monoisotopic (exact) mass is 318 g/mol. The van der Waals surface area contributed by atoms with Crippen molar-refractivity contribution in [3.05, 3.63) is 78.5 Å². The fourth-order valence-corrected chi connectivity index (χ4v) is 2.50. The predicted octanol–water partition coefficient (Wildman–Crippen LogP) is 4.64. The Kier molecular flexibility index (Phi) is 5.40. The van der Waals surface area contributed by atoms with Gasteiger partial charge in [-0.25, -0.2) is 4.98 Å². The Labute approximate surface area is 143 Å². The first-order valence-electron chi connectivity index (χ1n) is 8.30. The molecule has 2 aromatic carbocycles. The summed E-state index contributed by atoms with van der Waals surface area (Å²) in [6.07, 6.45) is 2.85. The molecule has 0 amide bonds. The third-order valence-corrected chi connectivity index (χ3v) is 3.70. The van der Waals surface area contributed by atoms with E-state index in [-0.39, 0.29) is 0 Å². The Morgan fingerprint density at radius 3 is 2.33 bits per heavy atom. The predicted molar refractivity (Wildman–Crippen MR) is 99.5 cm³/mol. The number of benzene rings is 2. The summed E-state index contributed by atoms with van der Waals surface area (Å²) in [7, 11) is 0. The lowest BCUT2D eigenvalue weighted by atomic mass is 10.2. The molecule has 0 spiro atoms. The summed E-state index contributed by atoms with van der Waals surface area (Å²) in [5.74, 6) is 1.56. The van der Waals surface area contributed by atoms with Gasteiger partial charge in [0.2, 0.25) is 5.95 Å². The van der Waals surface area contributed by atoms with Crippen molar-refractivity contribution in [1.29, 1.82) is 0 Å². The molecule has 1 N–H and O–H groups in total. The lowest BCUT2D eigenvalue weighted by Gasteiger charge is -2.24. The van der Waals surface area contributed by atoms with Gasteiger partial charge in [-0.05, 0) is 30.2 Å². The van der Waals surface area contributed by atoms with Crippen LogP contribution in [0.5, 0.6) is 0 Å². The molecule has 4 heteroatoms. The minimum Gasteiger partial charge on any atom is -0.354 e. The topological polar surface area (TPSA) is 41.1 Å². The van der Waals surface area contributed by atoms with Crippen molar-refractivity contribution in [3.63, 3.8) is 0 Å². The summed E-state index contributed by atoms with van der Waals surface area (Å²) < 4.78 is 0. The van der Waals surface area contributed by atoms with Crippen LogP contribution in [-0.2, 0) is 6.54 Å². The molecule has 0 atom stereocenters. The molecule has 0 unspecified atom stereocenters. The van der Waals surface area contributed by atoms with Crippen molar-refractivity contribution in [1.82, 2.24) is 9.97 Å². The van der Waals surface area contributed by atoms with E-state index in [1.54, 1.807) is 6.20 Å². The number of hydrogen-bond acceptors (Lipinski definition) is 4. The van der Waals surface area contributed by atoms with Crippen molar-refractivity contribution in [3.8, 4) is 0 Å². The Bertz CT molecular complexity index is 744. The number of aromatic nitrogens is 2. The van der Waals surface area contributed by atoms with Gasteiger partial charge in [-0.1, -0.05) is 55.5 Å². The third kappa shape index (κ3) is 4.10. The van der Waals surface area contributed by atoms with E-state index in [0.29, 0.717) is 5.95 Å². The smallest absolute Gasteiger partial charge is 0.224 e. The van der Waals surface area contributed by atoms with Crippen molar-refractivity contribution in [2.45, 2.75) is 19.9 Å². The first-order valence-corrected chi connectivity index (χ1v) is 8.30. The Morgan fingerprint density at radius 2 is 1.62 bits per heavy atom. The molecule has 0 bridgehead atoms. The highest BCUT2D eigenvalue weighted by molar-refractivity contribution is 5.60. The van der Waals surface area contributed by atoms with E-state index in [1.807, 2.05) is 30.3 Å². The van der Waals surface area contributed by atoms with E-state index in [9.17, 15) is 0 Å². The number of rotatable bonds is 7. The van der Waals surface area contributed by atoms with Crippen LogP contribution in [0, 0.1) is 0 Å². The van der Waals surface area contributed by atoms with Crippen molar-refractivity contribution < 1.29 is 0 Å². The normalized spacial score (nSPS) is 10.4. The molecule has 4 nitrogen and oxygen atoms in total. The fraction of sp³-hybridized carbons (Fsp3) is 0.200. The van der Waals surface area contributed by atoms with E-state index in [0.717, 1.165) is 31.0 Å². The van der Waals surface area contributed by atoms with Gasteiger partial charge in [0, 0.05) is 25.0 Å². The average molecular weight is 318 g/mol. The summed E-state index contributed by atoms with van der Waals surface area (Å²) in [6.45, 7) is 3.76. The second kappa shape index (κ2) is 8.11. The van der Waals surface area contributed by atoms with E-state index >= 15 is 0 Å². The number of hydrogen-bond donors (Lipinski definition) is 1. The maximum atomic E-state index is 4.69. The van der Waals surface area contributed by atoms with Gasteiger partial charge in [0.15, 0.2) is 0 Å². The second-order valence-corrected chi connectivity index (χ2v) is 5.57. The molecule has 0 saturated carbocycles. The molecular formula is C20H22N4. The van der Waals surface area contributed by atoms with E-state index in [1.165, 1.54) is 5.56 Å². The van der Waals surface area contributed by atoms with E-state index in [2.05, 4.69) is 63.5 Å². The van der Waals surface area contributed by atoms with Gasteiger partial charge in [0.1, 0.15) is 5.82 Å². The zero-order valence-corrected chi connectivity index (χ0v) is 13.9. The highest BCUT2D eigenvalue weighted by atomic mass is 15.2. The van der Waals surface area contributed by atoms with Gasteiger partial charge in [0.05, 0.1) is 0 Å². The van der Waals surface area contributed by atoms with Crippen LogP contribution < -0.4 is 10.2 Å². The number of nitrogens with one attached hydrogen (secondary N) is 1. The maximum Gasteiger partial charge on any atom is 0.224 e. The average Bonchev–Trinajstić information content (AvgIpc) is 2.66. The van der Waals surface area contributed by atoms with Gasteiger partial charge in [-0.15, -0.1) is 0 Å². The SMILES string of the molecule is CCCNc1nccc(N(Cc2ccccc2)c2ccccc2)n1. The van der Waals surface area contributed by atoms with Crippen LogP contribution in [0.25, 0.3) is 0 Å². The number of anilines is 3. The van der Waals surface area contributed by atoms with Gasteiger partial charge in [-0.2, -0.15) is 4.98 Å². The molecule has 0 aliphatic carbocycles. The molecule has 3 aromatic rings. The Balaban J connectivity index is 1.92. The number of para-hydroxylation sites is 1.